The van der Waals surface area contributed by atoms with Crippen molar-refractivity contribution in [3.05, 3.63) is 70.4 Å². The smallest absolute Gasteiger partial charge is 0.357 e. The summed E-state index contributed by atoms with van der Waals surface area (Å²) in [5, 5.41) is 3.29. The third kappa shape index (κ3) is 3.73. The Morgan fingerprint density at radius 1 is 1.21 bits per heavy atom. The van der Waals surface area contributed by atoms with Crippen molar-refractivity contribution in [1.29, 1.82) is 0 Å². The van der Waals surface area contributed by atoms with Crippen molar-refractivity contribution >= 4 is 28.2 Å². The van der Waals surface area contributed by atoms with Gasteiger partial charge < -0.3 is 14.0 Å². The molecule has 0 aliphatic rings. The number of aromatic nitrogens is 2. The summed E-state index contributed by atoms with van der Waals surface area (Å²) in [6, 6.07) is 15.0. The first-order valence-corrected chi connectivity index (χ1v) is 10.0. The van der Waals surface area contributed by atoms with Crippen molar-refractivity contribution in [2.45, 2.75) is 13.5 Å². The fourth-order valence-corrected chi connectivity index (χ4v) is 4.01. The van der Waals surface area contributed by atoms with Gasteiger partial charge in [-0.05, 0) is 24.6 Å². The molecule has 148 valence electrons. The van der Waals surface area contributed by atoms with E-state index in [-0.39, 0.29) is 11.4 Å². The van der Waals surface area contributed by atoms with Crippen LogP contribution in [-0.4, -0.2) is 29.2 Å². The van der Waals surface area contributed by atoms with Gasteiger partial charge in [0.25, 0.3) is 0 Å². The molecule has 5 nitrogen and oxygen atoms in total. The minimum Gasteiger partial charge on any atom is -0.494 e. The predicted molar refractivity (Wildman–Crippen MR) is 111 cm³/mol. The molecule has 0 aliphatic heterocycles. The lowest BCUT2D eigenvalue weighted by Gasteiger charge is -2.10. The van der Waals surface area contributed by atoms with E-state index in [1.165, 1.54) is 24.5 Å². The highest BCUT2D eigenvalue weighted by Crippen LogP contribution is 2.33. The van der Waals surface area contributed by atoms with Crippen molar-refractivity contribution in [3.8, 4) is 17.0 Å². The van der Waals surface area contributed by atoms with Gasteiger partial charge in [0.1, 0.15) is 5.01 Å². The van der Waals surface area contributed by atoms with Crippen LogP contribution in [0.1, 0.15) is 22.4 Å². The largest absolute Gasteiger partial charge is 0.494 e. The van der Waals surface area contributed by atoms with Crippen molar-refractivity contribution in [2.24, 2.45) is 0 Å². The number of esters is 1. The van der Waals surface area contributed by atoms with Crippen LogP contribution in [0.15, 0.2) is 53.9 Å². The molecule has 0 aliphatic carbocycles. The second kappa shape index (κ2) is 8.05. The Morgan fingerprint density at radius 3 is 2.72 bits per heavy atom. The summed E-state index contributed by atoms with van der Waals surface area (Å²) in [6.07, 6.45) is 0. The first-order chi connectivity index (χ1) is 14.1. The fourth-order valence-electron chi connectivity index (χ4n) is 3.26. The van der Waals surface area contributed by atoms with E-state index in [1.807, 2.05) is 41.0 Å². The number of methoxy groups -OCH3 is 1. The molecule has 0 radical (unpaired) electrons. The maximum absolute atomic E-state index is 14.4. The highest BCUT2D eigenvalue weighted by molar-refractivity contribution is 7.09. The number of halogens is 1. The van der Waals surface area contributed by atoms with Crippen LogP contribution in [0, 0.1) is 5.82 Å². The number of carbonyl (C=O) groups excluding carboxylic acids is 1. The van der Waals surface area contributed by atoms with E-state index in [1.54, 1.807) is 18.4 Å². The van der Waals surface area contributed by atoms with Gasteiger partial charge in [0.05, 0.1) is 25.8 Å². The Kier molecular flexibility index (Phi) is 5.31. The van der Waals surface area contributed by atoms with Crippen LogP contribution in [0.3, 0.4) is 0 Å². The molecule has 4 aromatic rings. The summed E-state index contributed by atoms with van der Waals surface area (Å²) in [7, 11) is 1.45. The van der Waals surface area contributed by atoms with Gasteiger partial charge in [0.15, 0.2) is 17.3 Å². The molecular formula is C22H19FN2O3S. The summed E-state index contributed by atoms with van der Waals surface area (Å²) in [4.78, 5) is 16.3. The van der Waals surface area contributed by atoms with Crippen LogP contribution in [0.5, 0.6) is 5.75 Å². The second-order valence-corrected chi connectivity index (χ2v) is 7.32. The SMILES string of the molecule is CCOC(=O)c1csc(Cn2c(-c3ccccc3)cc3cc(OC)c(F)cc32)n1. The van der Waals surface area contributed by atoms with Crippen LogP contribution >= 0.6 is 11.3 Å². The zero-order valence-corrected chi connectivity index (χ0v) is 16.8. The monoisotopic (exact) mass is 410 g/mol. The lowest BCUT2D eigenvalue weighted by Crippen LogP contribution is -2.06. The lowest BCUT2D eigenvalue weighted by atomic mass is 10.1. The van der Waals surface area contributed by atoms with Crippen LogP contribution in [0.2, 0.25) is 0 Å². The van der Waals surface area contributed by atoms with Gasteiger partial charge in [0.2, 0.25) is 0 Å². The normalized spacial score (nSPS) is 11.0. The Balaban J connectivity index is 1.81. The van der Waals surface area contributed by atoms with E-state index in [0.717, 1.165) is 27.2 Å². The van der Waals surface area contributed by atoms with Crippen LogP contribution in [0.25, 0.3) is 22.2 Å². The Labute approximate surface area is 171 Å². The highest BCUT2D eigenvalue weighted by atomic mass is 32.1. The van der Waals surface area contributed by atoms with Gasteiger partial charge in [-0.2, -0.15) is 0 Å². The molecule has 0 saturated heterocycles. The van der Waals surface area contributed by atoms with E-state index >= 15 is 0 Å². The fraction of sp³-hybridized carbons (Fsp3) is 0.182. The first-order valence-electron chi connectivity index (χ1n) is 9.14. The number of thiazole rings is 1. The van der Waals surface area contributed by atoms with Gasteiger partial charge in [-0.25, -0.2) is 14.2 Å². The third-order valence-electron chi connectivity index (χ3n) is 4.57. The molecule has 0 unspecified atom stereocenters. The number of hydrogen-bond acceptors (Lipinski definition) is 5. The molecule has 0 saturated carbocycles. The quantitative estimate of drug-likeness (QED) is 0.413. The van der Waals surface area contributed by atoms with Gasteiger partial charge in [-0.15, -0.1) is 11.3 Å². The molecular weight excluding hydrogens is 391 g/mol. The van der Waals surface area contributed by atoms with Crippen LogP contribution in [0.4, 0.5) is 4.39 Å². The maximum Gasteiger partial charge on any atom is 0.357 e. The summed E-state index contributed by atoms with van der Waals surface area (Å²) < 4.78 is 26.6. The molecule has 0 fully saturated rings. The first kappa shape index (κ1) is 19.1. The molecule has 0 N–H and O–H groups in total. The predicted octanol–water partition coefficient (Wildman–Crippen LogP) is 5.14. The molecule has 0 atom stereocenters. The number of ether oxygens (including phenoxy) is 2. The van der Waals surface area contributed by atoms with E-state index < -0.39 is 11.8 Å². The highest BCUT2D eigenvalue weighted by Gasteiger charge is 2.17. The Hall–Kier alpha value is -3.19. The summed E-state index contributed by atoms with van der Waals surface area (Å²) in [5.41, 5.74) is 2.96. The molecule has 4 rings (SSSR count). The summed E-state index contributed by atoms with van der Waals surface area (Å²) in [6.45, 7) is 2.46. The average molecular weight is 410 g/mol. The second-order valence-electron chi connectivity index (χ2n) is 6.37. The van der Waals surface area contributed by atoms with Crippen LogP contribution < -0.4 is 4.74 Å². The number of carbonyl (C=O) groups is 1. The van der Waals surface area contributed by atoms with E-state index in [4.69, 9.17) is 9.47 Å². The number of nitrogens with zero attached hydrogens (tertiary/aromatic N) is 2. The van der Waals surface area contributed by atoms with E-state index in [9.17, 15) is 9.18 Å². The Bertz CT molecular complexity index is 1170. The van der Waals surface area contributed by atoms with Gasteiger partial charge >= 0.3 is 5.97 Å². The maximum atomic E-state index is 14.4. The molecule has 0 spiro atoms. The number of hydrogen-bond donors (Lipinski definition) is 0. The molecule has 2 heterocycles. The van der Waals surface area contributed by atoms with Gasteiger partial charge in [0, 0.05) is 22.5 Å². The molecule has 2 aromatic heterocycles. The lowest BCUT2D eigenvalue weighted by molar-refractivity contribution is 0.0520. The summed E-state index contributed by atoms with van der Waals surface area (Å²) >= 11 is 1.38. The standard InChI is InChI=1S/C22H19FN2O3S/c1-3-28-22(26)17-13-29-21(24-17)12-25-18(14-7-5-4-6-8-14)9-15-10-20(27-2)16(23)11-19(15)25/h4-11,13H,3,12H2,1-2H3. The summed E-state index contributed by atoms with van der Waals surface area (Å²) in [5.74, 6) is -0.662. The van der Waals surface area contributed by atoms with Gasteiger partial charge in [-0.3, -0.25) is 0 Å². The van der Waals surface area contributed by atoms with Crippen LogP contribution in [-0.2, 0) is 11.3 Å². The molecule has 7 heteroatoms. The zero-order chi connectivity index (χ0) is 20.4. The third-order valence-corrected chi connectivity index (χ3v) is 5.41. The van der Waals surface area contributed by atoms with Crippen molar-refractivity contribution in [1.82, 2.24) is 9.55 Å². The molecule has 0 bridgehead atoms. The zero-order valence-electron chi connectivity index (χ0n) is 16.0. The average Bonchev–Trinajstić information content (AvgIpc) is 3.34. The topological polar surface area (TPSA) is 53.4 Å². The minimum absolute atomic E-state index is 0.202. The van der Waals surface area contributed by atoms with Crippen molar-refractivity contribution in [3.63, 3.8) is 0 Å². The van der Waals surface area contributed by atoms with E-state index in [2.05, 4.69) is 4.98 Å². The molecule has 0 amide bonds. The number of rotatable bonds is 6. The molecule has 2 aromatic carbocycles. The minimum atomic E-state index is -0.438. The molecule has 29 heavy (non-hydrogen) atoms. The number of benzene rings is 2. The van der Waals surface area contributed by atoms with Crippen molar-refractivity contribution in [2.75, 3.05) is 13.7 Å². The Morgan fingerprint density at radius 2 is 2.00 bits per heavy atom. The number of fused-ring (bicyclic) bond motifs is 1. The van der Waals surface area contributed by atoms with Crippen molar-refractivity contribution < 1.29 is 18.7 Å². The van der Waals surface area contributed by atoms with Gasteiger partial charge in [-0.1, -0.05) is 30.3 Å². The van der Waals surface area contributed by atoms with E-state index in [0.29, 0.717) is 13.2 Å².